The van der Waals surface area contributed by atoms with Crippen LogP contribution in [0.5, 0.6) is 0 Å². The molecular weight excluding hydrogens is 386 g/mol. The zero-order valence-electron chi connectivity index (χ0n) is 17.5. The van der Waals surface area contributed by atoms with Crippen LogP contribution in [0, 0.1) is 0 Å². The molecule has 0 saturated carbocycles. The first-order valence-electron chi connectivity index (χ1n) is 10.7. The van der Waals surface area contributed by atoms with Crippen LogP contribution in [-0.4, -0.2) is 47.8 Å². The van der Waals surface area contributed by atoms with E-state index in [1.54, 1.807) is 4.90 Å². The second kappa shape index (κ2) is 10.0. The predicted molar refractivity (Wildman–Crippen MR) is 121 cm³/mol. The van der Waals surface area contributed by atoms with Crippen molar-refractivity contribution in [3.05, 3.63) is 108 Å². The van der Waals surface area contributed by atoms with Gasteiger partial charge in [0.25, 0.3) is 0 Å². The number of hydrogen-bond acceptors (Lipinski definition) is 3. The van der Waals surface area contributed by atoms with E-state index in [-0.39, 0.29) is 6.04 Å². The number of nitrogens with zero attached hydrogens (tertiary/aromatic N) is 2. The van der Waals surface area contributed by atoms with Gasteiger partial charge in [0.15, 0.2) is 0 Å². The van der Waals surface area contributed by atoms with Gasteiger partial charge in [0.2, 0.25) is 0 Å². The number of benzene rings is 3. The molecule has 3 aromatic carbocycles. The highest BCUT2D eigenvalue weighted by atomic mass is 16.2. The molecule has 1 saturated heterocycles. The molecule has 31 heavy (non-hydrogen) atoms. The second-order valence-electron chi connectivity index (χ2n) is 7.72. The normalized spacial score (nSPS) is 14.4. The Morgan fingerprint density at radius 3 is 1.71 bits per heavy atom. The summed E-state index contributed by atoms with van der Waals surface area (Å²) in [6.45, 7) is 2.86. The lowest BCUT2D eigenvalue weighted by Gasteiger charge is -2.39. The van der Waals surface area contributed by atoms with Crippen LogP contribution in [0.4, 0.5) is 0 Å². The van der Waals surface area contributed by atoms with E-state index in [2.05, 4.69) is 58.7 Å². The first-order valence-corrected chi connectivity index (χ1v) is 10.7. The maximum atomic E-state index is 12.6. The van der Waals surface area contributed by atoms with Crippen LogP contribution < -0.4 is 5.32 Å². The summed E-state index contributed by atoms with van der Waals surface area (Å²) in [6.07, 6.45) is 0. The van der Waals surface area contributed by atoms with Gasteiger partial charge in [0.1, 0.15) is 0 Å². The number of rotatable bonds is 5. The Bertz CT molecular complexity index is 945. The van der Waals surface area contributed by atoms with Gasteiger partial charge >= 0.3 is 11.8 Å². The number of piperazine rings is 1. The fraction of sp³-hybridized carbons (Fsp3) is 0.231. The minimum absolute atomic E-state index is 0.131. The second-order valence-corrected chi connectivity index (χ2v) is 7.72. The number of carbonyl (C=O) groups is 2. The van der Waals surface area contributed by atoms with Crippen molar-refractivity contribution in [1.29, 1.82) is 0 Å². The summed E-state index contributed by atoms with van der Waals surface area (Å²) in [6, 6.07) is 30.6. The van der Waals surface area contributed by atoms with Gasteiger partial charge in [0.05, 0.1) is 6.04 Å². The molecule has 0 aliphatic carbocycles. The van der Waals surface area contributed by atoms with E-state index in [1.165, 1.54) is 11.1 Å². The molecule has 0 radical (unpaired) electrons. The molecule has 1 aliphatic heterocycles. The third-order valence-corrected chi connectivity index (χ3v) is 5.69. The zero-order chi connectivity index (χ0) is 21.5. The van der Waals surface area contributed by atoms with Crippen LogP contribution >= 0.6 is 0 Å². The molecule has 0 aromatic heterocycles. The van der Waals surface area contributed by atoms with E-state index < -0.39 is 11.8 Å². The van der Waals surface area contributed by atoms with Crippen molar-refractivity contribution in [3.63, 3.8) is 0 Å². The molecule has 1 fully saturated rings. The van der Waals surface area contributed by atoms with E-state index >= 15 is 0 Å². The predicted octanol–water partition coefficient (Wildman–Crippen LogP) is 3.24. The first kappa shape index (κ1) is 20.8. The summed E-state index contributed by atoms with van der Waals surface area (Å²) in [5.74, 6) is -0.994. The third-order valence-electron chi connectivity index (χ3n) is 5.69. The minimum Gasteiger partial charge on any atom is -0.344 e. The van der Waals surface area contributed by atoms with Gasteiger partial charge in [-0.2, -0.15) is 0 Å². The highest BCUT2D eigenvalue weighted by Crippen LogP contribution is 2.29. The van der Waals surface area contributed by atoms with Crippen molar-refractivity contribution >= 4 is 11.8 Å². The fourth-order valence-corrected chi connectivity index (χ4v) is 4.07. The van der Waals surface area contributed by atoms with Gasteiger partial charge in [-0.15, -0.1) is 0 Å². The Hall–Kier alpha value is -3.44. The first-order chi connectivity index (χ1) is 15.2. The van der Waals surface area contributed by atoms with Gasteiger partial charge in [-0.1, -0.05) is 91.0 Å². The Morgan fingerprint density at radius 2 is 1.19 bits per heavy atom. The molecular formula is C26H27N3O2. The van der Waals surface area contributed by atoms with Gasteiger partial charge in [-0.25, -0.2) is 0 Å². The minimum atomic E-state index is -0.542. The van der Waals surface area contributed by atoms with Crippen LogP contribution in [0.2, 0.25) is 0 Å². The Labute approximate surface area is 183 Å². The Balaban J connectivity index is 1.38. The topological polar surface area (TPSA) is 52.7 Å². The molecule has 3 aromatic rings. The van der Waals surface area contributed by atoms with Crippen molar-refractivity contribution in [2.24, 2.45) is 0 Å². The summed E-state index contributed by atoms with van der Waals surface area (Å²) in [5, 5.41) is 2.74. The summed E-state index contributed by atoms with van der Waals surface area (Å²) >= 11 is 0. The fourth-order valence-electron chi connectivity index (χ4n) is 4.07. The Kier molecular flexibility index (Phi) is 6.75. The number of nitrogens with one attached hydrogen (secondary N) is 1. The standard InChI is InChI=1S/C26H27N3O2/c30-25(27-20-21-10-4-1-5-11-21)26(31)29-18-16-28(17-19-29)24(22-12-6-2-7-13-22)23-14-8-3-9-15-23/h1-15,24H,16-20H2,(H,27,30). The van der Waals surface area contributed by atoms with Crippen molar-refractivity contribution in [1.82, 2.24) is 15.1 Å². The maximum Gasteiger partial charge on any atom is 0.311 e. The highest BCUT2D eigenvalue weighted by Gasteiger charge is 2.30. The number of hydrogen-bond donors (Lipinski definition) is 1. The van der Waals surface area contributed by atoms with Crippen LogP contribution in [0.1, 0.15) is 22.7 Å². The van der Waals surface area contributed by atoms with E-state index in [9.17, 15) is 9.59 Å². The van der Waals surface area contributed by atoms with Crippen LogP contribution in [0.3, 0.4) is 0 Å². The maximum absolute atomic E-state index is 12.6. The van der Waals surface area contributed by atoms with Crippen molar-refractivity contribution in [2.75, 3.05) is 26.2 Å². The molecule has 0 unspecified atom stereocenters. The molecule has 1 N–H and O–H groups in total. The molecule has 158 valence electrons. The van der Waals surface area contributed by atoms with Crippen LogP contribution in [-0.2, 0) is 16.1 Å². The van der Waals surface area contributed by atoms with E-state index in [1.807, 2.05) is 42.5 Å². The molecule has 0 bridgehead atoms. The summed E-state index contributed by atoms with van der Waals surface area (Å²) in [7, 11) is 0. The number of amides is 2. The molecule has 1 heterocycles. The molecule has 2 amide bonds. The zero-order valence-corrected chi connectivity index (χ0v) is 17.5. The summed E-state index contributed by atoms with van der Waals surface area (Å²) in [5.41, 5.74) is 3.44. The van der Waals surface area contributed by atoms with Crippen molar-refractivity contribution in [2.45, 2.75) is 12.6 Å². The molecule has 0 atom stereocenters. The monoisotopic (exact) mass is 413 g/mol. The lowest BCUT2D eigenvalue weighted by molar-refractivity contribution is -0.147. The lowest BCUT2D eigenvalue weighted by atomic mass is 9.96. The smallest absolute Gasteiger partial charge is 0.311 e. The van der Waals surface area contributed by atoms with E-state index in [4.69, 9.17) is 0 Å². The summed E-state index contributed by atoms with van der Waals surface area (Å²) < 4.78 is 0. The van der Waals surface area contributed by atoms with Gasteiger partial charge in [-0.05, 0) is 16.7 Å². The van der Waals surface area contributed by atoms with Crippen LogP contribution in [0.25, 0.3) is 0 Å². The highest BCUT2D eigenvalue weighted by molar-refractivity contribution is 6.35. The van der Waals surface area contributed by atoms with Gasteiger partial charge in [0, 0.05) is 32.7 Å². The van der Waals surface area contributed by atoms with Gasteiger partial charge in [-0.3, -0.25) is 14.5 Å². The molecule has 4 rings (SSSR count). The number of carbonyl (C=O) groups excluding carboxylic acids is 2. The lowest BCUT2D eigenvalue weighted by Crippen LogP contribution is -2.53. The molecule has 5 nitrogen and oxygen atoms in total. The summed E-state index contributed by atoms with van der Waals surface area (Å²) in [4.78, 5) is 29.0. The van der Waals surface area contributed by atoms with Crippen molar-refractivity contribution < 1.29 is 9.59 Å². The molecule has 1 aliphatic rings. The average Bonchev–Trinajstić information content (AvgIpc) is 2.85. The third kappa shape index (κ3) is 5.19. The average molecular weight is 414 g/mol. The van der Waals surface area contributed by atoms with E-state index in [0.29, 0.717) is 32.7 Å². The molecule has 5 heteroatoms. The van der Waals surface area contributed by atoms with Crippen LogP contribution in [0.15, 0.2) is 91.0 Å². The Morgan fingerprint density at radius 1 is 0.710 bits per heavy atom. The largest absolute Gasteiger partial charge is 0.344 e. The van der Waals surface area contributed by atoms with Gasteiger partial charge < -0.3 is 10.2 Å². The van der Waals surface area contributed by atoms with E-state index in [0.717, 1.165) is 5.56 Å². The SMILES string of the molecule is O=C(NCc1ccccc1)C(=O)N1CCN(C(c2ccccc2)c2ccccc2)CC1. The van der Waals surface area contributed by atoms with Crippen molar-refractivity contribution in [3.8, 4) is 0 Å². The quantitative estimate of drug-likeness (QED) is 0.654. The molecule has 0 spiro atoms.